The van der Waals surface area contributed by atoms with Gasteiger partial charge in [-0.25, -0.2) is 0 Å². The maximum atomic E-state index is 11.3. The first-order valence-electron chi connectivity index (χ1n) is 7.60. The Morgan fingerprint density at radius 3 is 1.42 bits per heavy atom. The van der Waals surface area contributed by atoms with E-state index in [-0.39, 0.29) is 0 Å². The average molecular weight is 346 g/mol. The van der Waals surface area contributed by atoms with E-state index in [0.717, 1.165) is 6.42 Å². The van der Waals surface area contributed by atoms with Gasteiger partial charge < -0.3 is 20.4 Å². The highest BCUT2D eigenvalue weighted by atomic mass is 16.4. The molecule has 24 heavy (non-hydrogen) atoms. The Kier molecular flexibility index (Phi) is 7.11. The molecule has 0 aromatic rings. The molecule has 136 valence electrons. The van der Waals surface area contributed by atoms with Crippen molar-refractivity contribution < 1.29 is 39.6 Å². The summed E-state index contributed by atoms with van der Waals surface area (Å²) in [6.07, 6.45) is 1.64. The van der Waals surface area contributed by atoms with Crippen molar-refractivity contribution in [1.82, 2.24) is 10.6 Å². The van der Waals surface area contributed by atoms with E-state index < -0.39 is 54.5 Å². The molecule has 0 amide bonds. The normalized spacial score (nSPS) is 19.2. The van der Waals surface area contributed by atoms with Crippen LogP contribution in [0.15, 0.2) is 0 Å². The van der Waals surface area contributed by atoms with E-state index in [1.165, 1.54) is 0 Å². The van der Waals surface area contributed by atoms with Crippen molar-refractivity contribution >= 4 is 23.9 Å². The summed E-state index contributed by atoms with van der Waals surface area (Å²) in [6, 6.07) is -2.82. The van der Waals surface area contributed by atoms with Crippen LogP contribution in [0.25, 0.3) is 0 Å². The number of carboxylic acids is 4. The van der Waals surface area contributed by atoms with Gasteiger partial charge in [-0.15, -0.1) is 0 Å². The SMILES string of the molecule is O=C(O)CC(NC1(NC(CC(=O)O)C(=O)O)CCCCC1)C(=O)O. The maximum Gasteiger partial charge on any atom is 0.321 e. The molecule has 2 unspecified atom stereocenters. The van der Waals surface area contributed by atoms with Crippen LogP contribution >= 0.6 is 0 Å². The van der Waals surface area contributed by atoms with Gasteiger partial charge in [0.25, 0.3) is 0 Å². The number of nitrogens with one attached hydrogen (secondary N) is 2. The molecule has 0 heterocycles. The second-order valence-electron chi connectivity index (χ2n) is 5.91. The molecule has 0 saturated heterocycles. The Morgan fingerprint density at radius 1 is 0.750 bits per heavy atom. The first kappa shape index (κ1) is 19.8. The highest BCUT2D eigenvalue weighted by Gasteiger charge is 2.40. The zero-order valence-corrected chi connectivity index (χ0v) is 13.0. The molecule has 6 N–H and O–H groups in total. The Bertz CT molecular complexity index is 463. The third kappa shape index (κ3) is 6.13. The number of carboxylic acid groups (broad SMARTS) is 4. The lowest BCUT2D eigenvalue weighted by Crippen LogP contribution is -2.66. The standard InChI is InChI=1S/C14H22N2O8/c17-10(18)6-8(12(21)22)15-14(4-2-1-3-5-14)16-9(13(23)24)7-11(19)20/h8-9,15-16H,1-7H2,(H,17,18)(H,19,20)(H,21,22)(H,23,24). The molecule has 1 aliphatic rings. The molecule has 10 nitrogen and oxygen atoms in total. The quantitative estimate of drug-likeness (QED) is 0.288. The Hall–Kier alpha value is -2.20. The van der Waals surface area contributed by atoms with Gasteiger partial charge in [0.15, 0.2) is 0 Å². The molecular formula is C14H22N2O8. The summed E-state index contributed by atoms with van der Waals surface area (Å²) in [5.74, 6) is -5.34. The van der Waals surface area contributed by atoms with E-state index >= 15 is 0 Å². The fourth-order valence-electron chi connectivity index (χ4n) is 2.90. The fourth-order valence-corrected chi connectivity index (χ4v) is 2.90. The lowest BCUT2D eigenvalue weighted by molar-refractivity contribution is -0.148. The third-order valence-electron chi connectivity index (χ3n) is 3.96. The van der Waals surface area contributed by atoms with E-state index in [4.69, 9.17) is 10.2 Å². The van der Waals surface area contributed by atoms with Crippen molar-refractivity contribution in [3.8, 4) is 0 Å². The Morgan fingerprint density at radius 2 is 1.12 bits per heavy atom. The number of hydrogen-bond acceptors (Lipinski definition) is 6. The van der Waals surface area contributed by atoms with Crippen LogP contribution in [0.5, 0.6) is 0 Å². The molecular weight excluding hydrogens is 324 g/mol. The van der Waals surface area contributed by atoms with Gasteiger partial charge in [0.1, 0.15) is 12.1 Å². The fraction of sp³-hybridized carbons (Fsp3) is 0.714. The summed E-state index contributed by atoms with van der Waals surface area (Å²) in [5.41, 5.74) is -1.13. The molecule has 0 radical (unpaired) electrons. The molecule has 0 aromatic heterocycles. The summed E-state index contributed by atoms with van der Waals surface area (Å²) in [5, 5.41) is 41.5. The summed E-state index contributed by atoms with van der Waals surface area (Å²) < 4.78 is 0. The highest BCUT2D eigenvalue weighted by Crippen LogP contribution is 2.28. The van der Waals surface area contributed by atoms with Crippen LogP contribution in [0, 0.1) is 0 Å². The van der Waals surface area contributed by atoms with Gasteiger partial charge in [0, 0.05) is 0 Å². The number of aliphatic carboxylic acids is 4. The van der Waals surface area contributed by atoms with Gasteiger partial charge in [-0.1, -0.05) is 19.3 Å². The minimum atomic E-state index is -1.41. The number of hydrogen-bond donors (Lipinski definition) is 6. The number of rotatable bonds is 10. The van der Waals surface area contributed by atoms with Crippen molar-refractivity contribution in [3.63, 3.8) is 0 Å². The second-order valence-corrected chi connectivity index (χ2v) is 5.91. The minimum Gasteiger partial charge on any atom is -0.481 e. The van der Waals surface area contributed by atoms with E-state index in [0.29, 0.717) is 25.7 Å². The molecule has 0 bridgehead atoms. The average Bonchev–Trinajstić information content (AvgIpc) is 2.45. The van der Waals surface area contributed by atoms with E-state index in [1.807, 2.05) is 0 Å². The van der Waals surface area contributed by atoms with Crippen LogP contribution in [0.1, 0.15) is 44.9 Å². The first-order valence-corrected chi connectivity index (χ1v) is 7.60. The highest BCUT2D eigenvalue weighted by molar-refractivity contribution is 5.81. The topological polar surface area (TPSA) is 173 Å². The summed E-state index contributed by atoms with van der Waals surface area (Å²) >= 11 is 0. The lowest BCUT2D eigenvalue weighted by Gasteiger charge is -2.42. The predicted octanol–water partition coefficient (Wildman–Crippen LogP) is -0.318. The number of carbonyl (C=O) groups is 4. The van der Waals surface area contributed by atoms with Gasteiger partial charge in [-0.3, -0.25) is 29.8 Å². The Balaban J connectivity index is 2.99. The van der Waals surface area contributed by atoms with Crippen LogP contribution in [0.3, 0.4) is 0 Å². The Labute approximate surface area is 137 Å². The van der Waals surface area contributed by atoms with E-state index in [2.05, 4.69) is 10.6 Å². The van der Waals surface area contributed by atoms with Gasteiger partial charge in [0.2, 0.25) is 0 Å². The van der Waals surface area contributed by atoms with Crippen molar-refractivity contribution in [2.45, 2.75) is 62.7 Å². The largest absolute Gasteiger partial charge is 0.481 e. The van der Waals surface area contributed by atoms with Gasteiger partial charge in [-0.2, -0.15) is 0 Å². The molecule has 0 aromatic carbocycles. The molecule has 0 spiro atoms. The van der Waals surface area contributed by atoms with Crippen LogP contribution in [-0.2, 0) is 19.2 Å². The summed E-state index contributed by atoms with van der Waals surface area (Å²) in [7, 11) is 0. The minimum absolute atomic E-state index is 0.375. The van der Waals surface area contributed by atoms with Crippen LogP contribution < -0.4 is 10.6 Å². The van der Waals surface area contributed by atoms with Gasteiger partial charge >= 0.3 is 23.9 Å². The summed E-state index contributed by atoms with van der Waals surface area (Å²) in [4.78, 5) is 44.2. The van der Waals surface area contributed by atoms with E-state index in [1.54, 1.807) is 0 Å². The zero-order chi connectivity index (χ0) is 18.3. The van der Waals surface area contributed by atoms with Gasteiger partial charge in [0.05, 0.1) is 18.5 Å². The molecule has 1 fully saturated rings. The molecule has 10 heteroatoms. The predicted molar refractivity (Wildman–Crippen MR) is 79.4 cm³/mol. The lowest BCUT2D eigenvalue weighted by atomic mass is 9.87. The summed E-state index contributed by atoms with van der Waals surface area (Å²) in [6.45, 7) is 0. The third-order valence-corrected chi connectivity index (χ3v) is 3.96. The molecule has 2 atom stereocenters. The van der Waals surface area contributed by atoms with Crippen LogP contribution in [0.2, 0.25) is 0 Å². The van der Waals surface area contributed by atoms with Crippen molar-refractivity contribution in [2.24, 2.45) is 0 Å². The van der Waals surface area contributed by atoms with Crippen molar-refractivity contribution in [3.05, 3.63) is 0 Å². The smallest absolute Gasteiger partial charge is 0.321 e. The molecule has 0 aliphatic heterocycles. The zero-order valence-electron chi connectivity index (χ0n) is 13.0. The first-order chi connectivity index (χ1) is 11.1. The van der Waals surface area contributed by atoms with Crippen LogP contribution in [-0.4, -0.2) is 62.0 Å². The van der Waals surface area contributed by atoms with Gasteiger partial charge in [-0.05, 0) is 12.8 Å². The molecule has 1 rings (SSSR count). The molecule has 1 aliphatic carbocycles. The van der Waals surface area contributed by atoms with Crippen molar-refractivity contribution in [2.75, 3.05) is 0 Å². The molecule has 1 saturated carbocycles. The van der Waals surface area contributed by atoms with Crippen molar-refractivity contribution in [1.29, 1.82) is 0 Å². The van der Waals surface area contributed by atoms with Crippen LogP contribution in [0.4, 0.5) is 0 Å². The monoisotopic (exact) mass is 346 g/mol. The maximum absolute atomic E-state index is 11.3. The van der Waals surface area contributed by atoms with E-state index in [9.17, 15) is 29.4 Å². The second kappa shape index (κ2) is 8.60.